The SMILES string of the molecule is COCCNc1ccc(-c2ccc(-c3nc4cc(O[C@@H]5CO[C@H]6[C@@H]5OC[C@H]6O)n(C5CCCCO5)c4cc3F)cc2)cc1. The first-order chi connectivity index (χ1) is 21.1. The lowest BCUT2D eigenvalue weighted by molar-refractivity contribution is -0.0392. The van der Waals surface area contributed by atoms with E-state index < -0.39 is 24.1 Å². The van der Waals surface area contributed by atoms with Gasteiger partial charge in [0.05, 0.1) is 30.9 Å². The van der Waals surface area contributed by atoms with Crippen molar-refractivity contribution in [1.82, 2.24) is 9.55 Å². The number of aliphatic hydroxyl groups is 1. The molecule has 0 amide bonds. The molecule has 0 bridgehead atoms. The maximum absolute atomic E-state index is 15.7. The van der Waals surface area contributed by atoms with E-state index in [4.69, 9.17) is 28.7 Å². The van der Waals surface area contributed by atoms with Gasteiger partial charge < -0.3 is 34.1 Å². The van der Waals surface area contributed by atoms with Gasteiger partial charge in [-0.05, 0) is 42.5 Å². The Morgan fingerprint density at radius 2 is 1.70 bits per heavy atom. The fourth-order valence-corrected chi connectivity index (χ4v) is 6.21. The number of benzene rings is 2. The predicted octanol–water partition coefficient (Wildman–Crippen LogP) is 5.17. The van der Waals surface area contributed by atoms with Crippen LogP contribution in [0.15, 0.2) is 60.7 Å². The quantitative estimate of drug-likeness (QED) is 0.258. The molecule has 43 heavy (non-hydrogen) atoms. The van der Waals surface area contributed by atoms with E-state index in [2.05, 4.69) is 17.4 Å². The lowest BCUT2D eigenvalue weighted by atomic mass is 10.0. The summed E-state index contributed by atoms with van der Waals surface area (Å²) >= 11 is 0. The molecule has 0 spiro atoms. The number of pyridine rings is 1. The molecule has 3 aliphatic rings. The standard InChI is InChI=1S/C33H36FN3O6/c1-39-15-13-35-23-11-9-21(10-12-23)20-5-7-22(8-6-20)31-24(34)16-26-25(36-31)17-30(37(26)29-4-2-3-14-40-29)43-28-19-42-32-27(38)18-41-33(28)32/h5-12,16-17,27-29,32-33,35,38H,2-4,13-15,18-19H2,1H3/t27-,28-,29?,32-,33-/m1/s1. The van der Waals surface area contributed by atoms with Crippen molar-refractivity contribution in [3.05, 3.63) is 66.5 Å². The van der Waals surface area contributed by atoms with Crippen LogP contribution in [0.5, 0.6) is 5.88 Å². The van der Waals surface area contributed by atoms with Crippen LogP contribution in [-0.4, -0.2) is 79.2 Å². The summed E-state index contributed by atoms with van der Waals surface area (Å²) < 4.78 is 46.8. The number of ether oxygens (including phenoxy) is 5. The Hall–Kier alpha value is -3.54. The fourth-order valence-electron chi connectivity index (χ4n) is 6.21. The molecule has 7 rings (SSSR count). The Bertz CT molecular complexity index is 1550. The zero-order chi connectivity index (χ0) is 29.3. The van der Waals surface area contributed by atoms with Gasteiger partial charge in [0.2, 0.25) is 0 Å². The van der Waals surface area contributed by atoms with Crippen LogP contribution < -0.4 is 10.1 Å². The second-order valence-electron chi connectivity index (χ2n) is 11.3. The Balaban J connectivity index is 1.17. The van der Waals surface area contributed by atoms with E-state index in [1.807, 2.05) is 47.0 Å². The largest absolute Gasteiger partial charge is 0.470 e. The van der Waals surface area contributed by atoms with Crippen LogP contribution in [0.25, 0.3) is 33.4 Å². The minimum Gasteiger partial charge on any atom is -0.470 e. The van der Waals surface area contributed by atoms with E-state index in [1.165, 1.54) is 6.07 Å². The van der Waals surface area contributed by atoms with Gasteiger partial charge in [-0.25, -0.2) is 9.37 Å². The summed E-state index contributed by atoms with van der Waals surface area (Å²) in [5.41, 5.74) is 5.31. The van der Waals surface area contributed by atoms with Gasteiger partial charge in [-0.2, -0.15) is 0 Å². The molecule has 9 nitrogen and oxygen atoms in total. The molecule has 3 saturated heterocycles. The Morgan fingerprint density at radius 1 is 0.953 bits per heavy atom. The molecular formula is C33H36FN3O6. The molecule has 0 radical (unpaired) electrons. The smallest absolute Gasteiger partial charge is 0.198 e. The van der Waals surface area contributed by atoms with E-state index in [9.17, 15) is 5.11 Å². The highest BCUT2D eigenvalue weighted by Crippen LogP contribution is 2.38. The molecule has 2 aromatic carbocycles. The van der Waals surface area contributed by atoms with Crippen LogP contribution >= 0.6 is 0 Å². The molecule has 10 heteroatoms. The molecule has 2 aromatic heterocycles. The van der Waals surface area contributed by atoms with E-state index in [0.29, 0.717) is 42.3 Å². The minimum atomic E-state index is -0.668. The van der Waals surface area contributed by atoms with Crippen molar-refractivity contribution in [2.24, 2.45) is 0 Å². The molecule has 5 heterocycles. The molecule has 1 unspecified atom stereocenters. The zero-order valence-corrected chi connectivity index (χ0v) is 24.1. The van der Waals surface area contributed by atoms with Gasteiger partial charge >= 0.3 is 0 Å². The summed E-state index contributed by atoms with van der Waals surface area (Å²) in [5, 5.41) is 13.5. The lowest BCUT2D eigenvalue weighted by Crippen LogP contribution is -2.35. The number of aliphatic hydroxyl groups excluding tert-OH is 1. The number of anilines is 1. The van der Waals surface area contributed by atoms with Gasteiger partial charge in [-0.15, -0.1) is 0 Å². The van der Waals surface area contributed by atoms with Gasteiger partial charge in [0.25, 0.3) is 0 Å². The van der Waals surface area contributed by atoms with Gasteiger partial charge in [0.1, 0.15) is 30.2 Å². The average molecular weight is 590 g/mol. The third-order valence-electron chi connectivity index (χ3n) is 8.45. The molecule has 3 aliphatic heterocycles. The maximum atomic E-state index is 15.7. The molecule has 0 saturated carbocycles. The summed E-state index contributed by atoms with van der Waals surface area (Å²) in [5.74, 6) is 0.112. The summed E-state index contributed by atoms with van der Waals surface area (Å²) in [7, 11) is 1.68. The second-order valence-corrected chi connectivity index (χ2v) is 11.3. The molecule has 4 aromatic rings. The summed E-state index contributed by atoms with van der Waals surface area (Å²) in [6.45, 7) is 2.53. The van der Waals surface area contributed by atoms with Crippen LogP contribution in [-0.2, 0) is 18.9 Å². The highest BCUT2D eigenvalue weighted by atomic mass is 19.1. The van der Waals surface area contributed by atoms with Gasteiger partial charge in [-0.1, -0.05) is 36.4 Å². The van der Waals surface area contributed by atoms with Gasteiger partial charge in [-0.3, -0.25) is 4.57 Å². The molecule has 226 valence electrons. The zero-order valence-electron chi connectivity index (χ0n) is 24.1. The highest BCUT2D eigenvalue weighted by molar-refractivity contribution is 5.82. The van der Waals surface area contributed by atoms with Crippen molar-refractivity contribution < 1.29 is 33.2 Å². The third kappa shape index (κ3) is 5.61. The maximum Gasteiger partial charge on any atom is 0.198 e. The number of hydrogen-bond donors (Lipinski definition) is 2. The number of aromatic nitrogens is 2. The van der Waals surface area contributed by atoms with Crippen molar-refractivity contribution in [1.29, 1.82) is 0 Å². The van der Waals surface area contributed by atoms with Crippen LogP contribution in [0, 0.1) is 5.82 Å². The average Bonchev–Trinajstić information content (AvgIpc) is 3.72. The highest BCUT2D eigenvalue weighted by Gasteiger charge is 2.48. The summed E-state index contributed by atoms with van der Waals surface area (Å²) in [6.07, 6.45) is 0.646. The van der Waals surface area contributed by atoms with Crippen molar-refractivity contribution in [2.75, 3.05) is 45.4 Å². The number of hydrogen-bond acceptors (Lipinski definition) is 8. The van der Waals surface area contributed by atoms with Crippen LogP contribution in [0.4, 0.5) is 10.1 Å². The van der Waals surface area contributed by atoms with E-state index in [0.717, 1.165) is 42.6 Å². The van der Waals surface area contributed by atoms with Crippen LogP contribution in [0.3, 0.4) is 0 Å². The van der Waals surface area contributed by atoms with Crippen molar-refractivity contribution >= 4 is 16.7 Å². The predicted molar refractivity (Wildman–Crippen MR) is 160 cm³/mol. The third-order valence-corrected chi connectivity index (χ3v) is 8.45. The van der Waals surface area contributed by atoms with Crippen molar-refractivity contribution in [2.45, 2.75) is 49.9 Å². The van der Waals surface area contributed by atoms with Gasteiger partial charge in [0.15, 0.2) is 17.8 Å². The Labute approximate surface area is 249 Å². The van der Waals surface area contributed by atoms with Crippen LogP contribution in [0.1, 0.15) is 25.5 Å². The van der Waals surface area contributed by atoms with Crippen molar-refractivity contribution in [3.8, 4) is 28.3 Å². The van der Waals surface area contributed by atoms with E-state index in [-0.39, 0.29) is 24.6 Å². The minimum absolute atomic E-state index is 0.218. The fraction of sp³-hybridized carbons (Fsp3) is 0.424. The van der Waals surface area contributed by atoms with Gasteiger partial charge in [0, 0.05) is 43.6 Å². The lowest BCUT2D eigenvalue weighted by Gasteiger charge is -2.27. The first-order valence-corrected chi connectivity index (χ1v) is 14.9. The molecule has 3 fully saturated rings. The first kappa shape index (κ1) is 28.2. The summed E-state index contributed by atoms with van der Waals surface area (Å²) in [4.78, 5) is 4.77. The van der Waals surface area contributed by atoms with Crippen LogP contribution in [0.2, 0.25) is 0 Å². The monoisotopic (exact) mass is 589 g/mol. The molecule has 5 atom stereocenters. The number of methoxy groups -OCH3 is 1. The number of halogens is 1. The van der Waals surface area contributed by atoms with Crippen molar-refractivity contribution in [3.63, 3.8) is 0 Å². The molecular weight excluding hydrogens is 553 g/mol. The van der Waals surface area contributed by atoms with E-state index in [1.54, 1.807) is 7.11 Å². The normalized spacial score (nSPS) is 25.2. The second kappa shape index (κ2) is 12.2. The number of fused-ring (bicyclic) bond motifs is 2. The Kier molecular flexibility index (Phi) is 8.03. The van der Waals surface area contributed by atoms with E-state index >= 15 is 4.39 Å². The number of nitrogens with zero attached hydrogens (tertiary/aromatic N) is 2. The first-order valence-electron chi connectivity index (χ1n) is 14.9. The summed E-state index contributed by atoms with van der Waals surface area (Å²) in [6, 6.07) is 19.3. The number of nitrogens with one attached hydrogen (secondary N) is 1. The molecule has 0 aliphatic carbocycles. The topological polar surface area (TPSA) is 96.2 Å². The molecule has 2 N–H and O–H groups in total. The number of rotatable bonds is 9. The Morgan fingerprint density at radius 3 is 2.44 bits per heavy atom.